The molecule has 0 spiro atoms. The second-order valence-corrected chi connectivity index (χ2v) is 8.11. The van der Waals surface area contributed by atoms with Crippen LogP contribution in [-0.4, -0.2) is 179 Å². The van der Waals surface area contributed by atoms with Crippen molar-refractivity contribution >= 4 is 59.3 Å². The number of hydrogen-bond donors (Lipinski definition) is 12. The number of aromatic hydroxyl groups is 2. The van der Waals surface area contributed by atoms with E-state index in [1.54, 1.807) is 48.5 Å². The molecule has 66 heavy (non-hydrogen) atoms. The van der Waals surface area contributed by atoms with Gasteiger partial charge in [-0.15, -0.1) is 0 Å². The highest BCUT2D eigenvalue weighted by Gasteiger charge is 2.04. The number of aliphatic carboxylic acids is 8. The average molecular weight is 973 g/mol. The van der Waals surface area contributed by atoms with Gasteiger partial charge in [-0.1, -0.05) is 49.9 Å². The lowest BCUT2D eigenvalue weighted by molar-refractivity contribution is -0.159. The van der Waals surface area contributed by atoms with Gasteiger partial charge in [-0.05, 0) is 48.6 Å². The van der Waals surface area contributed by atoms with Crippen molar-refractivity contribution in [2.75, 3.05) is 14.2 Å². The molecular weight excluding hydrogens is 912 g/mol. The molecule has 0 heterocycles. The Kier molecular flexibility index (Phi) is 114. The van der Waals surface area contributed by atoms with Gasteiger partial charge in [0.15, 0.2) is 11.6 Å². The molecule has 0 aromatic heterocycles. The number of aliphatic hydroxyl groups excluding tert-OH is 2. The number of carboxylic acid groups (broad SMARTS) is 8. The number of aliphatic hydroxyl groups is 2. The summed E-state index contributed by atoms with van der Waals surface area (Å²) in [5.41, 5.74) is 0. The van der Waals surface area contributed by atoms with Gasteiger partial charge in [-0.3, -0.25) is 14.4 Å². The number of carbonyl (C=O) groups excluding carboxylic acids is 2. The second kappa shape index (κ2) is 73.9. The number of rotatable bonds is 7. The molecule has 2 aromatic rings. The van der Waals surface area contributed by atoms with Crippen LogP contribution in [0.1, 0.15) is 13.8 Å². The SMILES string of the molecule is C.CO.CO.O.O.O.O.O.O.O.O.O=C(O)/C=C/CC(=O)O.O=C(O)/C=C\C(=O)O.O=C(O)/C=C\C(=O)O.O=C(O)C(=O)O.O=C1C=CC(=O)C=C1.Oc1ccccc1.Oc1ccccc1. The lowest BCUT2D eigenvalue weighted by atomic mass is 10.2. The molecule has 28 N–H and O–H groups in total. The molecule has 1 aliphatic carbocycles. The molecule has 0 saturated carbocycles. The van der Waals surface area contributed by atoms with Crippen molar-refractivity contribution in [3.8, 4) is 11.5 Å². The predicted octanol–water partition coefficient (Wildman–Crippen LogP) is -5.03. The number of hydrogen-bond acceptors (Lipinski definition) is 14. The monoisotopic (exact) mass is 972 g/mol. The first-order valence-electron chi connectivity index (χ1n) is 14.3. The van der Waals surface area contributed by atoms with Crippen LogP contribution < -0.4 is 0 Å². The lowest BCUT2D eigenvalue weighted by Crippen LogP contribution is -2.09. The molecule has 1 aliphatic rings. The van der Waals surface area contributed by atoms with Gasteiger partial charge >= 0.3 is 47.8 Å². The minimum absolute atomic E-state index is 0. The summed E-state index contributed by atoms with van der Waals surface area (Å²) in [5, 5.41) is 93.2. The smallest absolute Gasteiger partial charge is 0.414 e. The molecule has 0 radical (unpaired) electrons. The van der Waals surface area contributed by atoms with Crippen LogP contribution in [-0.2, 0) is 47.9 Å². The summed E-state index contributed by atoms with van der Waals surface area (Å²) in [4.78, 5) is 96.4. The summed E-state index contributed by atoms with van der Waals surface area (Å²) in [6.45, 7) is 0. The summed E-state index contributed by atoms with van der Waals surface area (Å²) >= 11 is 0. The van der Waals surface area contributed by atoms with Gasteiger partial charge in [0.25, 0.3) is 0 Å². The van der Waals surface area contributed by atoms with E-state index in [0.717, 1.165) is 26.4 Å². The van der Waals surface area contributed by atoms with E-state index in [-0.39, 0.29) is 69.2 Å². The molecule has 0 fully saturated rings. The van der Waals surface area contributed by atoms with Crippen LogP contribution in [0.25, 0.3) is 0 Å². The average Bonchev–Trinajstić information content (AvgIpc) is 3.15. The predicted molar refractivity (Wildman–Crippen MR) is 230 cm³/mol. The topological polar surface area (TPSA) is 665 Å². The molecule has 0 atom stereocenters. The van der Waals surface area contributed by atoms with Gasteiger partial charge in [0.1, 0.15) is 11.5 Å². The number of carboxylic acids is 8. The normalized spacial score (nSPS) is 8.42. The minimum Gasteiger partial charge on any atom is -0.508 e. The fourth-order valence-electron chi connectivity index (χ4n) is 1.84. The summed E-state index contributed by atoms with van der Waals surface area (Å²) in [7, 11) is 2.00. The van der Waals surface area contributed by atoms with Crippen LogP contribution in [0.3, 0.4) is 0 Å². The number of phenols is 2. The first-order valence-corrected chi connectivity index (χ1v) is 14.3. The van der Waals surface area contributed by atoms with E-state index in [1.807, 2.05) is 12.1 Å². The summed E-state index contributed by atoms with van der Waals surface area (Å²) in [5.74, 6) is -10.4. The summed E-state index contributed by atoms with van der Waals surface area (Å²) in [6.07, 6.45) is 8.87. The molecule has 2 aromatic carbocycles. The maximum absolute atomic E-state index is 10.3. The number of para-hydroxylation sites is 2. The zero-order chi connectivity index (χ0) is 45.8. The maximum atomic E-state index is 10.3. The first kappa shape index (κ1) is 102. The molecular formula is C36H60O30. The Morgan fingerprint density at radius 2 is 0.591 bits per heavy atom. The molecule has 0 aliphatic heterocycles. The highest BCUT2D eigenvalue weighted by Crippen LogP contribution is 2.03. The largest absolute Gasteiger partial charge is 0.508 e. The number of phenolic OH excluding ortho intramolecular Hbond substituents is 2. The molecule has 3 rings (SSSR count). The third-order valence-electron chi connectivity index (χ3n) is 3.81. The first-order chi connectivity index (χ1) is 26.6. The fourth-order valence-corrected chi connectivity index (χ4v) is 1.84. The van der Waals surface area contributed by atoms with Crippen molar-refractivity contribution < 1.29 is 153 Å². The lowest BCUT2D eigenvalue weighted by Gasteiger charge is -1.87. The van der Waals surface area contributed by atoms with Gasteiger partial charge in [0.05, 0.1) is 6.42 Å². The molecule has 0 amide bonds. The van der Waals surface area contributed by atoms with Gasteiger partial charge in [0.2, 0.25) is 0 Å². The number of carbonyl (C=O) groups is 10. The van der Waals surface area contributed by atoms with E-state index < -0.39 is 47.8 Å². The van der Waals surface area contributed by atoms with Crippen molar-refractivity contribution in [1.29, 1.82) is 0 Å². The Morgan fingerprint density at radius 3 is 0.712 bits per heavy atom. The third-order valence-corrected chi connectivity index (χ3v) is 3.81. The van der Waals surface area contributed by atoms with Crippen LogP contribution >= 0.6 is 0 Å². The van der Waals surface area contributed by atoms with Gasteiger partial charge < -0.3 is 105 Å². The van der Waals surface area contributed by atoms with E-state index in [1.165, 1.54) is 24.3 Å². The highest BCUT2D eigenvalue weighted by atomic mass is 16.4. The number of benzene rings is 2. The highest BCUT2D eigenvalue weighted by molar-refractivity contribution is 6.27. The van der Waals surface area contributed by atoms with Crippen molar-refractivity contribution in [2.24, 2.45) is 0 Å². The van der Waals surface area contributed by atoms with Crippen LogP contribution in [0.4, 0.5) is 0 Å². The van der Waals surface area contributed by atoms with Crippen LogP contribution in [0.5, 0.6) is 11.5 Å². The number of ketones is 2. The molecule has 30 heteroatoms. The Balaban J connectivity index is -0.0000000342. The van der Waals surface area contributed by atoms with E-state index in [9.17, 15) is 38.4 Å². The second-order valence-electron chi connectivity index (χ2n) is 8.11. The van der Waals surface area contributed by atoms with E-state index in [0.29, 0.717) is 35.8 Å². The molecule has 30 nitrogen and oxygen atoms in total. The van der Waals surface area contributed by atoms with Gasteiger partial charge in [-0.2, -0.15) is 0 Å². The quantitative estimate of drug-likeness (QED) is 0.0702. The molecule has 0 unspecified atom stereocenters. The van der Waals surface area contributed by atoms with Crippen LogP contribution in [0.2, 0.25) is 0 Å². The molecule has 0 saturated heterocycles. The zero-order valence-corrected chi connectivity index (χ0v) is 33.7. The van der Waals surface area contributed by atoms with E-state index in [2.05, 4.69) is 0 Å². The van der Waals surface area contributed by atoms with Crippen LogP contribution in [0, 0.1) is 0 Å². The third kappa shape index (κ3) is 117. The summed E-state index contributed by atoms with van der Waals surface area (Å²) < 4.78 is 0. The minimum atomic E-state index is -1.82. The van der Waals surface area contributed by atoms with Crippen molar-refractivity contribution in [2.45, 2.75) is 13.8 Å². The zero-order valence-electron chi connectivity index (χ0n) is 33.7. The Labute approximate surface area is 373 Å². The Bertz CT molecular complexity index is 1510. The van der Waals surface area contributed by atoms with Crippen molar-refractivity contribution in [1.82, 2.24) is 0 Å². The molecule has 384 valence electrons. The Morgan fingerprint density at radius 1 is 0.394 bits per heavy atom. The summed E-state index contributed by atoms with van der Waals surface area (Å²) in [6, 6.07) is 17.4. The Hall–Kier alpha value is -8.56. The van der Waals surface area contributed by atoms with E-state index in [4.69, 9.17) is 70.9 Å². The van der Waals surface area contributed by atoms with Gasteiger partial charge in [-0.25, -0.2) is 33.6 Å². The molecule has 0 bridgehead atoms. The fraction of sp³-hybridized carbons (Fsp3) is 0.111. The van der Waals surface area contributed by atoms with Crippen molar-refractivity contribution in [3.63, 3.8) is 0 Å². The maximum Gasteiger partial charge on any atom is 0.414 e. The van der Waals surface area contributed by atoms with Crippen molar-refractivity contribution in [3.05, 3.63) is 121 Å². The standard InChI is InChI=1S/C6H4O2.2C6H6O.C5H6O4.2C4H4O4.C2H2O4.2CH4O.CH4.8H2O/c7-5-1-2-6(8)4-3-5;2*7-6-4-2-1-3-5-6;6-4(7)2-1-3-5(8)9;2*5-3(6)1-2-4(7)8;3-1(4)2(5)6;2*1-2;;;;;;;;;/h1-4H;2*1-5,7H;1-2H,3H2,(H,6,7)(H,8,9);2*1-2H,(H,5,6)(H,7,8);(H,3,4)(H,5,6);2*2H,1H3;1H4;8*1H2/b;;;2-1+;2*2-1-;;;;;;;;;;;;. The van der Waals surface area contributed by atoms with E-state index >= 15 is 0 Å². The number of allylic oxidation sites excluding steroid dienone is 4. The van der Waals surface area contributed by atoms with Gasteiger partial charge in [0, 0.05) is 44.6 Å². The van der Waals surface area contributed by atoms with Crippen LogP contribution in [0.15, 0.2) is 121 Å².